The van der Waals surface area contributed by atoms with Crippen LogP contribution in [0, 0.1) is 0 Å². The molecule has 8 rings (SSSR count). The van der Waals surface area contributed by atoms with Crippen molar-refractivity contribution in [2.24, 2.45) is 10.3 Å². The average Bonchev–Trinajstić information content (AvgIpc) is 3.60. The van der Waals surface area contributed by atoms with Crippen LogP contribution in [0.25, 0.3) is 32.8 Å². The Kier molecular flexibility index (Phi) is 6.46. The molecule has 5 heteroatoms. The number of hydrogen-bond donors (Lipinski definition) is 0. The van der Waals surface area contributed by atoms with Crippen LogP contribution in [0.5, 0.6) is 0 Å². The van der Waals surface area contributed by atoms with Gasteiger partial charge in [0, 0.05) is 33.8 Å². The van der Waals surface area contributed by atoms with Gasteiger partial charge in [-0.1, -0.05) is 91.0 Å². The van der Waals surface area contributed by atoms with E-state index in [2.05, 4.69) is 148 Å². The van der Waals surface area contributed by atoms with E-state index >= 15 is 0 Å². The monoisotopic (exact) mass is 566 g/mol. The summed E-state index contributed by atoms with van der Waals surface area (Å²) in [6.07, 6.45) is 1.81. The highest BCUT2D eigenvalue weighted by molar-refractivity contribution is 6.05. The molecule has 0 unspecified atom stereocenters. The molecule has 1 aliphatic rings. The third-order valence-corrected chi connectivity index (χ3v) is 8.15. The van der Waals surface area contributed by atoms with Crippen LogP contribution in [0.2, 0.25) is 0 Å². The molecule has 0 saturated heterocycles. The molecule has 5 nitrogen and oxygen atoms in total. The van der Waals surface area contributed by atoms with Gasteiger partial charge in [-0.2, -0.15) is 0 Å². The van der Waals surface area contributed by atoms with Gasteiger partial charge in [0.25, 0.3) is 0 Å². The van der Waals surface area contributed by atoms with Crippen molar-refractivity contribution in [3.8, 4) is 11.3 Å². The first-order valence-corrected chi connectivity index (χ1v) is 14.7. The second kappa shape index (κ2) is 11.0. The van der Waals surface area contributed by atoms with Gasteiger partial charge >= 0.3 is 0 Å². The van der Waals surface area contributed by atoms with E-state index in [1.807, 2.05) is 35.2 Å². The van der Waals surface area contributed by atoms with E-state index in [1.165, 1.54) is 21.5 Å². The summed E-state index contributed by atoms with van der Waals surface area (Å²) in [6, 6.07) is 53.1. The van der Waals surface area contributed by atoms with Gasteiger partial charge < -0.3 is 4.90 Å². The van der Waals surface area contributed by atoms with Gasteiger partial charge in [0.05, 0.1) is 22.2 Å². The van der Waals surface area contributed by atoms with Crippen LogP contribution < -0.4 is 4.90 Å². The highest BCUT2D eigenvalue weighted by Crippen LogP contribution is 2.42. The van der Waals surface area contributed by atoms with E-state index < -0.39 is 0 Å². The lowest BCUT2D eigenvalue weighted by atomic mass is 10.0. The Labute approximate surface area is 255 Å². The van der Waals surface area contributed by atoms with Crippen LogP contribution in [0.1, 0.15) is 5.56 Å². The zero-order chi connectivity index (χ0) is 29.3. The fourth-order valence-electron chi connectivity index (χ4n) is 5.98. The van der Waals surface area contributed by atoms with Crippen LogP contribution >= 0.6 is 0 Å². The Hall–Kier alpha value is -5.94. The second-order valence-corrected chi connectivity index (χ2v) is 10.8. The zero-order valence-electron chi connectivity index (χ0n) is 24.0. The highest BCUT2D eigenvalue weighted by atomic mass is 15.5. The van der Waals surface area contributed by atoms with Crippen molar-refractivity contribution in [3.05, 3.63) is 163 Å². The normalized spacial score (nSPS) is 12.7. The maximum absolute atomic E-state index is 4.58. The molecule has 0 amide bonds. The minimum absolute atomic E-state index is 0.599. The van der Waals surface area contributed by atoms with E-state index in [0.29, 0.717) is 6.54 Å². The van der Waals surface area contributed by atoms with Gasteiger partial charge in [0.1, 0.15) is 5.22 Å². The number of benzene rings is 6. The predicted molar refractivity (Wildman–Crippen MR) is 180 cm³/mol. The molecular formula is C39H28N5+. The third kappa shape index (κ3) is 4.71. The Morgan fingerprint density at radius 2 is 1.18 bits per heavy atom. The summed E-state index contributed by atoms with van der Waals surface area (Å²) in [6.45, 7) is 0.599. The largest absolute Gasteiger partial charge is 0.309 e. The number of pyridine rings is 1. The summed E-state index contributed by atoms with van der Waals surface area (Å²) in [5.74, 6) is 0. The first-order chi connectivity index (χ1) is 21.8. The lowest BCUT2D eigenvalue weighted by Crippen LogP contribution is -2.13. The van der Waals surface area contributed by atoms with Crippen LogP contribution in [-0.2, 0) is 0 Å². The molecule has 0 saturated carbocycles. The lowest BCUT2D eigenvalue weighted by Gasteiger charge is -2.28. The van der Waals surface area contributed by atoms with E-state index in [0.717, 1.165) is 45.3 Å². The molecule has 44 heavy (non-hydrogen) atoms. The van der Waals surface area contributed by atoms with Crippen LogP contribution in [0.4, 0.5) is 22.7 Å². The molecule has 6 aromatic carbocycles. The summed E-state index contributed by atoms with van der Waals surface area (Å²) in [5, 5.41) is 13.9. The number of nitrogens with zero attached hydrogens (tertiary/aromatic N) is 5. The minimum Gasteiger partial charge on any atom is -0.309 e. The van der Waals surface area contributed by atoms with Gasteiger partial charge in [0.2, 0.25) is 5.71 Å². The number of rotatable bonds is 6. The number of hydrogen-bond acceptors (Lipinski definition) is 4. The Balaban J connectivity index is 1.13. The first kappa shape index (κ1) is 25.7. The van der Waals surface area contributed by atoms with Gasteiger partial charge in [-0.05, 0) is 71.4 Å². The molecule has 1 aliphatic heterocycles. The molecular weight excluding hydrogens is 538 g/mol. The Bertz CT molecular complexity index is 2110. The third-order valence-electron chi connectivity index (χ3n) is 8.15. The molecule has 0 N–H and O–H groups in total. The quantitative estimate of drug-likeness (QED) is 0.188. The van der Waals surface area contributed by atoms with Crippen LogP contribution in [0.3, 0.4) is 0 Å². The lowest BCUT2D eigenvalue weighted by molar-refractivity contribution is -0.492. The van der Waals surface area contributed by atoms with Crippen molar-refractivity contribution in [2.45, 2.75) is 0 Å². The maximum atomic E-state index is 4.58. The number of aromatic nitrogens is 1. The molecule has 0 fully saturated rings. The zero-order valence-corrected chi connectivity index (χ0v) is 24.0. The fraction of sp³-hybridized carbons (Fsp3) is 0.0256. The van der Waals surface area contributed by atoms with E-state index in [-0.39, 0.29) is 0 Å². The Morgan fingerprint density at radius 1 is 0.545 bits per heavy atom. The molecule has 0 radical (unpaired) electrons. The second-order valence-electron chi connectivity index (χ2n) is 10.8. The van der Waals surface area contributed by atoms with Crippen molar-refractivity contribution in [2.75, 3.05) is 11.4 Å². The first-order valence-electron chi connectivity index (χ1n) is 14.7. The van der Waals surface area contributed by atoms with Crippen LogP contribution in [0.15, 0.2) is 168 Å². The van der Waals surface area contributed by atoms with Gasteiger partial charge in [-0.15, -0.1) is 4.70 Å². The average molecular weight is 567 g/mol. The predicted octanol–water partition coefficient (Wildman–Crippen LogP) is 10.0. The highest BCUT2D eigenvalue weighted by Gasteiger charge is 2.25. The van der Waals surface area contributed by atoms with Gasteiger partial charge in [0.15, 0.2) is 12.2 Å². The number of fused-ring (bicyclic) bond motifs is 2. The van der Waals surface area contributed by atoms with Crippen molar-refractivity contribution in [3.63, 3.8) is 0 Å². The van der Waals surface area contributed by atoms with E-state index in [4.69, 9.17) is 0 Å². The van der Waals surface area contributed by atoms with E-state index in [1.54, 1.807) is 0 Å². The topological polar surface area (TPSA) is 43.9 Å². The van der Waals surface area contributed by atoms with Crippen molar-refractivity contribution < 1.29 is 4.70 Å². The smallest absolute Gasteiger partial charge is 0.231 e. The molecule has 0 atom stereocenters. The Morgan fingerprint density at radius 3 is 1.86 bits per heavy atom. The van der Waals surface area contributed by atoms with E-state index in [9.17, 15) is 0 Å². The molecule has 2 heterocycles. The molecule has 0 bridgehead atoms. The maximum Gasteiger partial charge on any atom is 0.231 e. The molecule has 0 spiro atoms. The van der Waals surface area contributed by atoms with Crippen LogP contribution in [-0.4, -0.2) is 21.9 Å². The molecule has 208 valence electrons. The molecule has 7 aromatic rings. The SMILES string of the molecule is c1ccc(-c2cccc([N+]3=NN=C(c4ccc(N(c5cccc6ccccc56)c5cccc6ccccc56)cc4)C3)c2)nc1. The minimum atomic E-state index is 0.599. The summed E-state index contributed by atoms with van der Waals surface area (Å²) in [7, 11) is 0. The summed E-state index contributed by atoms with van der Waals surface area (Å²) in [5.41, 5.74) is 8.32. The standard InChI is InChI=1S/C39H28N5/c1-3-16-34-28(10-1)12-8-19-38(34)44(39-20-9-13-29-11-2-4-17-35(29)39)32-23-21-30(22-24-32)37-27-43(42-41-37)33-15-7-14-31(26-33)36-18-5-6-25-40-36/h1-26H,27H2/q+1. The van der Waals surface area contributed by atoms with Gasteiger partial charge in [-0.3, -0.25) is 4.98 Å². The van der Waals surface area contributed by atoms with Crippen molar-refractivity contribution >= 4 is 50.0 Å². The van der Waals surface area contributed by atoms with Gasteiger partial charge in [-0.25, -0.2) is 0 Å². The van der Waals surface area contributed by atoms with Crippen molar-refractivity contribution in [1.29, 1.82) is 0 Å². The molecule has 1 aromatic heterocycles. The molecule has 0 aliphatic carbocycles. The fourth-order valence-corrected chi connectivity index (χ4v) is 5.98. The summed E-state index contributed by atoms with van der Waals surface area (Å²) >= 11 is 0. The van der Waals surface area contributed by atoms with Crippen molar-refractivity contribution in [1.82, 2.24) is 4.98 Å². The summed E-state index contributed by atoms with van der Waals surface area (Å²) in [4.78, 5) is 6.86. The number of anilines is 3. The summed E-state index contributed by atoms with van der Waals surface area (Å²) < 4.78 is 1.94.